The largest absolute Gasteiger partial charge is 0.494 e. The molecular weight excluding hydrogens is 270 g/mol. The first-order valence-corrected chi connectivity index (χ1v) is 6.38. The number of hydrogen-bond acceptors (Lipinski definition) is 4. The molecule has 6 heteroatoms. The Kier molecular flexibility index (Phi) is 2.86. The first-order valence-electron chi connectivity index (χ1n) is 6.38. The van der Waals surface area contributed by atoms with E-state index in [1.165, 1.54) is 7.05 Å². The van der Waals surface area contributed by atoms with Gasteiger partial charge >= 0.3 is 5.69 Å². The Balaban J connectivity index is 2.26. The zero-order valence-electron chi connectivity index (χ0n) is 11.5. The molecule has 2 N–H and O–H groups in total. The van der Waals surface area contributed by atoms with Crippen molar-refractivity contribution < 1.29 is 5.11 Å². The van der Waals surface area contributed by atoms with Gasteiger partial charge in [0, 0.05) is 23.9 Å². The van der Waals surface area contributed by atoms with E-state index < -0.39 is 11.2 Å². The molecule has 1 aromatic carbocycles. The van der Waals surface area contributed by atoms with Gasteiger partial charge in [0.15, 0.2) is 0 Å². The molecule has 2 aromatic rings. The molecule has 0 aliphatic carbocycles. The Hall–Kier alpha value is -2.89. The van der Waals surface area contributed by atoms with Crippen LogP contribution in [0.3, 0.4) is 0 Å². The van der Waals surface area contributed by atoms with E-state index in [9.17, 15) is 14.7 Å². The molecule has 0 spiro atoms. The fourth-order valence-electron chi connectivity index (χ4n) is 2.32. The average Bonchev–Trinajstić information content (AvgIpc) is 2.77. The number of H-pyrrole nitrogens is 1. The van der Waals surface area contributed by atoms with Crippen molar-refractivity contribution in [2.24, 2.45) is 12.0 Å². The highest BCUT2D eigenvalue weighted by Gasteiger charge is 2.19. The second-order valence-corrected chi connectivity index (χ2v) is 4.83. The molecule has 0 saturated heterocycles. The predicted octanol–water partition coefficient (Wildman–Crippen LogP) is 1.43. The zero-order chi connectivity index (χ0) is 15.1. The van der Waals surface area contributed by atoms with Gasteiger partial charge in [0.1, 0.15) is 5.56 Å². The lowest BCUT2D eigenvalue weighted by Crippen LogP contribution is -2.29. The molecular formula is C15H13N3O3. The number of nitrogens with one attached hydrogen (secondary N) is 1. The van der Waals surface area contributed by atoms with Crippen LogP contribution in [0.15, 0.2) is 38.8 Å². The van der Waals surface area contributed by atoms with Crippen LogP contribution in [0, 0.1) is 0 Å². The van der Waals surface area contributed by atoms with E-state index in [0.29, 0.717) is 0 Å². The van der Waals surface area contributed by atoms with Gasteiger partial charge in [-0.15, -0.1) is 0 Å². The lowest BCUT2D eigenvalue weighted by atomic mass is 10.0. The molecule has 0 radical (unpaired) electrons. The molecule has 1 aromatic heterocycles. The molecule has 0 saturated carbocycles. The van der Waals surface area contributed by atoms with E-state index in [1.807, 2.05) is 31.2 Å². The fraction of sp³-hybridized carbons (Fsp3) is 0.133. The third-order valence-corrected chi connectivity index (χ3v) is 3.49. The minimum Gasteiger partial charge on any atom is -0.494 e. The quantitative estimate of drug-likeness (QED) is 0.829. The summed E-state index contributed by atoms with van der Waals surface area (Å²) in [5, 5.41) is 10.0. The maximum atomic E-state index is 11.9. The van der Waals surface area contributed by atoms with E-state index in [0.717, 1.165) is 27.1 Å². The van der Waals surface area contributed by atoms with Crippen LogP contribution in [-0.2, 0) is 7.05 Å². The summed E-state index contributed by atoms with van der Waals surface area (Å²) in [6.45, 7) is 1.83. The van der Waals surface area contributed by atoms with Crippen molar-refractivity contribution in [1.29, 1.82) is 0 Å². The topological polar surface area (TPSA) is 87.4 Å². The van der Waals surface area contributed by atoms with Crippen molar-refractivity contribution in [3.05, 3.63) is 56.2 Å². The highest BCUT2D eigenvalue weighted by molar-refractivity contribution is 6.31. The van der Waals surface area contributed by atoms with Crippen molar-refractivity contribution in [3.8, 4) is 5.88 Å². The van der Waals surface area contributed by atoms with Crippen molar-refractivity contribution >= 4 is 23.0 Å². The SMILES string of the molecule is CC1=Nc2ccccc2C1=Cc1c(O)n(C)c(=O)[nH]c1=O. The van der Waals surface area contributed by atoms with Crippen LogP contribution in [0.4, 0.5) is 5.69 Å². The molecule has 3 rings (SSSR count). The summed E-state index contributed by atoms with van der Waals surface area (Å²) in [5.74, 6) is -0.367. The van der Waals surface area contributed by atoms with Crippen molar-refractivity contribution in [2.45, 2.75) is 6.92 Å². The van der Waals surface area contributed by atoms with E-state index >= 15 is 0 Å². The Morgan fingerprint density at radius 1 is 1.29 bits per heavy atom. The van der Waals surface area contributed by atoms with Crippen LogP contribution in [0.5, 0.6) is 5.88 Å². The van der Waals surface area contributed by atoms with Crippen LogP contribution in [-0.4, -0.2) is 20.4 Å². The first kappa shape index (κ1) is 13.1. The fourth-order valence-corrected chi connectivity index (χ4v) is 2.32. The minimum atomic E-state index is -0.656. The second-order valence-electron chi connectivity index (χ2n) is 4.83. The summed E-state index contributed by atoms with van der Waals surface area (Å²) in [6, 6.07) is 7.54. The molecule has 1 aliphatic rings. The average molecular weight is 283 g/mol. The summed E-state index contributed by atoms with van der Waals surface area (Å²) in [7, 11) is 1.39. The first-order chi connectivity index (χ1) is 9.99. The molecule has 106 valence electrons. The number of aromatic nitrogens is 2. The molecule has 1 aliphatic heterocycles. The van der Waals surface area contributed by atoms with Gasteiger partial charge in [0.25, 0.3) is 5.56 Å². The van der Waals surface area contributed by atoms with Gasteiger partial charge in [-0.3, -0.25) is 19.3 Å². The maximum absolute atomic E-state index is 11.9. The van der Waals surface area contributed by atoms with E-state index in [4.69, 9.17) is 0 Å². The number of hydrogen-bond donors (Lipinski definition) is 2. The second kappa shape index (κ2) is 4.59. The van der Waals surface area contributed by atoms with Gasteiger partial charge in [-0.25, -0.2) is 4.79 Å². The van der Waals surface area contributed by atoms with Crippen molar-refractivity contribution in [2.75, 3.05) is 0 Å². The molecule has 0 unspecified atom stereocenters. The Morgan fingerprint density at radius 2 is 2.00 bits per heavy atom. The lowest BCUT2D eigenvalue weighted by molar-refractivity contribution is 0.416. The number of benzene rings is 1. The normalized spacial score (nSPS) is 15.1. The van der Waals surface area contributed by atoms with Gasteiger partial charge in [-0.1, -0.05) is 18.2 Å². The Bertz CT molecular complexity index is 916. The third-order valence-electron chi connectivity index (χ3n) is 3.49. The summed E-state index contributed by atoms with van der Waals surface area (Å²) in [6.07, 6.45) is 1.55. The van der Waals surface area contributed by atoms with E-state index in [-0.39, 0.29) is 11.4 Å². The van der Waals surface area contributed by atoms with Crippen LogP contribution in [0.25, 0.3) is 11.6 Å². The number of allylic oxidation sites excluding steroid dienone is 1. The van der Waals surface area contributed by atoms with Crippen molar-refractivity contribution in [1.82, 2.24) is 9.55 Å². The monoisotopic (exact) mass is 283 g/mol. The van der Waals surface area contributed by atoms with Gasteiger partial charge in [-0.2, -0.15) is 0 Å². The molecule has 0 bridgehead atoms. The Labute approximate surface area is 119 Å². The summed E-state index contributed by atoms with van der Waals surface area (Å²) < 4.78 is 0.987. The number of rotatable bonds is 1. The summed E-state index contributed by atoms with van der Waals surface area (Å²) in [4.78, 5) is 29.9. The molecule has 2 heterocycles. The van der Waals surface area contributed by atoms with Gasteiger partial charge in [0.2, 0.25) is 5.88 Å². The van der Waals surface area contributed by atoms with E-state index in [2.05, 4.69) is 9.98 Å². The smallest absolute Gasteiger partial charge is 0.330 e. The zero-order valence-corrected chi connectivity index (χ0v) is 11.5. The molecule has 0 amide bonds. The highest BCUT2D eigenvalue weighted by Crippen LogP contribution is 2.35. The van der Waals surface area contributed by atoms with E-state index in [1.54, 1.807) is 6.08 Å². The van der Waals surface area contributed by atoms with Crippen LogP contribution < -0.4 is 11.2 Å². The Morgan fingerprint density at radius 3 is 2.76 bits per heavy atom. The van der Waals surface area contributed by atoms with Crippen LogP contribution in [0.1, 0.15) is 18.1 Å². The third kappa shape index (κ3) is 2.01. The molecule has 21 heavy (non-hydrogen) atoms. The molecule has 6 nitrogen and oxygen atoms in total. The summed E-state index contributed by atoms with van der Waals surface area (Å²) >= 11 is 0. The standard InChI is InChI=1S/C15H13N3O3/c1-8-10(9-5-3-4-6-12(9)16-8)7-11-13(19)17-15(21)18(2)14(11)20/h3-7,20H,1-2H3,(H,17,19,21). The molecule has 0 atom stereocenters. The summed E-state index contributed by atoms with van der Waals surface area (Å²) in [5.41, 5.74) is 1.98. The number of para-hydroxylation sites is 1. The van der Waals surface area contributed by atoms with Gasteiger partial charge in [0.05, 0.1) is 5.69 Å². The molecule has 0 fully saturated rings. The number of nitrogens with zero attached hydrogens (tertiary/aromatic N) is 2. The number of fused-ring (bicyclic) bond motifs is 1. The highest BCUT2D eigenvalue weighted by atomic mass is 16.3. The number of aromatic amines is 1. The minimum absolute atomic E-state index is 0.0401. The van der Waals surface area contributed by atoms with Crippen LogP contribution >= 0.6 is 0 Å². The van der Waals surface area contributed by atoms with Gasteiger partial charge < -0.3 is 5.11 Å². The van der Waals surface area contributed by atoms with Crippen LogP contribution in [0.2, 0.25) is 0 Å². The predicted molar refractivity (Wildman–Crippen MR) is 81.1 cm³/mol. The number of aliphatic imine (C=N–C) groups is 1. The lowest BCUT2D eigenvalue weighted by Gasteiger charge is -2.06. The number of aromatic hydroxyl groups is 1. The van der Waals surface area contributed by atoms with Gasteiger partial charge in [-0.05, 0) is 19.1 Å². The maximum Gasteiger partial charge on any atom is 0.330 e. The van der Waals surface area contributed by atoms with Crippen molar-refractivity contribution in [3.63, 3.8) is 0 Å².